The van der Waals surface area contributed by atoms with E-state index in [1.807, 2.05) is 48.5 Å². The summed E-state index contributed by atoms with van der Waals surface area (Å²) in [6.07, 6.45) is 5.08. The van der Waals surface area contributed by atoms with Crippen molar-refractivity contribution in [1.82, 2.24) is 9.97 Å². The van der Waals surface area contributed by atoms with Gasteiger partial charge in [0.1, 0.15) is 5.82 Å². The van der Waals surface area contributed by atoms with Crippen LogP contribution in [0.1, 0.15) is 30.1 Å². The van der Waals surface area contributed by atoms with Gasteiger partial charge in [0.2, 0.25) is 5.91 Å². The molecular weight excluding hydrogens is 324 g/mol. The minimum absolute atomic E-state index is 0.0934. The molecule has 26 heavy (non-hydrogen) atoms. The van der Waals surface area contributed by atoms with Crippen molar-refractivity contribution in [2.24, 2.45) is 0 Å². The molecule has 1 N–H and O–H groups in total. The van der Waals surface area contributed by atoms with Crippen LogP contribution in [-0.4, -0.2) is 22.4 Å². The highest BCUT2D eigenvalue weighted by Gasteiger charge is 2.22. The van der Waals surface area contributed by atoms with E-state index < -0.39 is 0 Å². The Hall–Kier alpha value is -3.21. The van der Waals surface area contributed by atoms with Crippen molar-refractivity contribution in [3.63, 3.8) is 0 Å². The summed E-state index contributed by atoms with van der Waals surface area (Å²) in [6.45, 7) is 0.772. The molecule has 0 aliphatic carbocycles. The highest BCUT2D eigenvalue weighted by Crippen LogP contribution is 2.26. The lowest BCUT2D eigenvalue weighted by Crippen LogP contribution is -2.23. The Morgan fingerprint density at radius 2 is 1.81 bits per heavy atom. The number of carbonyl (C=O) groups excluding carboxylic acids is 1. The lowest BCUT2D eigenvalue weighted by atomic mass is 10.0. The van der Waals surface area contributed by atoms with Gasteiger partial charge in [-0.3, -0.25) is 9.78 Å². The van der Waals surface area contributed by atoms with Gasteiger partial charge in [-0.25, -0.2) is 4.98 Å². The van der Waals surface area contributed by atoms with Crippen molar-refractivity contribution < 1.29 is 4.79 Å². The fourth-order valence-corrected chi connectivity index (χ4v) is 3.22. The van der Waals surface area contributed by atoms with Crippen LogP contribution >= 0.6 is 0 Å². The quantitative estimate of drug-likeness (QED) is 0.765. The first-order valence-corrected chi connectivity index (χ1v) is 8.80. The van der Waals surface area contributed by atoms with E-state index in [1.54, 1.807) is 17.3 Å². The maximum atomic E-state index is 11.9. The molecule has 0 radical (unpaired) electrons. The van der Waals surface area contributed by atoms with E-state index in [-0.39, 0.29) is 11.9 Å². The molecule has 0 unspecified atom stereocenters. The highest BCUT2D eigenvalue weighted by atomic mass is 16.2. The van der Waals surface area contributed by atoms with E-state index in [4.69, 9.17) is 0 Å². The van der Waals surface area contributed by atoms with Crippen LogP contribution in [0.5, 0.6) is 0 Å². The molecule has 1 aliphatic rings. The Balaban J connectivity index is 1.59. The molecule has 0 spiro atoms. The summed E-state index contributed by atoms with van der Waals surface area (Å²) in [4.78, 5) is 22.7. The topological polar surface area (TPSA) is 58.1 Å². The maximum Gasteiger partial charge on any atom is 0.227 e. The lowest BCUT2D eigenvalue weighted by molar-refractivity contribution is -0.117. The third-order valence-electron chi connectivity index (χ3n) is 4.54. The van der Waals surface area contributed by atoms with Crippen molar-refractivity contribution in [3.05, 3.63) is 84.3 Å². The number of pyridine rings is 2. The summed E-state index contributed by atoms with van der Waals surface area (Å²) in [7, 11) is 0. The first-order valence-electron chi connectivity index (χ1n) is 8.80. The third-order valence-corrected chi connectivity index (χ3v) is 4.54. The molecule has 0 saturated carbocycles. The molecule has 5 heteroatoms. The summed E-state index contributed by atoms with van der Waals surface area (Å²) in [5.41, 5.74) is 2.90. The van der Waals surface area contributed by atoms with Gasteiger partial charge in [-0.2, -0.15) is 0 Å². The average molecular weight is 344 g/mol. The second-order valence-corrected chi connectivity index (χ2v) is 6.29. The van der Waals surface area contributed by atoms with E-state index in [1.165, 1.54) is 0 Å². The number of carbonyl (C=O) groups is 1. The SMILES string of the molecule is O=C1CCCN1c1ccc(N[C@H](c2ccccc2)c2ccccn2)nc1. The zero-order valence-corrected chi connectivity index (χ0v) is 14.4. The molecule has 1 aliphatic heterocycles. The largest absolute Gasteiger partial charge is 0.358 e. The fraction of sp³-hybridized carbons (Fsp3) is 0.190. The summed E-state index contributed by atoms with van der Waals surface area (Å²) >= 11 is 0. The van der Waals surface area contributed by atoms with Crippen molar-refractivity contribution in [1.29, 1.82) is 0 Å². The zero-order chi connectivity index (χ0) is 17.8. The van der Waals surface area contributed by atoms with Gasteiger partial charge in [-0.1, -0.05) is 36.4 Å². The monoisotopic (exact) mass is 344 g/mol. The van der Waals surface area contributed by atoms with Crippen molar-refractivity contribution >= 4 is 17.4 Å². The van der Waals surface area contributed by atoms with E-state index >= 15 is 0 Å². The van der Waals surface area contributed by atoms with Gasteiger partial charge in [0.15, 0.2) is 0 Å². The number of anilines is 2. The zero-order valence-electron chi connectivity index (χ0n) is 14.4. The molecule has 2 aromatic heterocycles. The molecule has 1 fully saturated rings. The summed E-state index contributed by atoms with van der Waals surface area (Å²) < 4.78 is 0. The van der Waals surface area contributed by atoms with Crippen molar-refractivity contribution in [2.75, 3.05) is 16.8 Å². The molecule has 4 rings (SSSR count). The van der Waals surface area contributed by atoms with E-state index in [2.05, 4.69) is 27.4 Å². The van der Waals surface area contributed by atoms with Gasteiger partial charge in [0, 0.05) is 19.2 Å². The predicted octanol–water partition coefficient (Wildman–Crippen LogP) is 3.80. The smallest absolute Gasteiger partial charge is 0.227 e. The predicted molar refractivity (Wildman–Crippen MR) is 102 cm³/mol. The molecule has 130 valence electrons. The van der Waals surface area contributed by atoms with Gasteiger partial charge in [-0.15, -0.1) is 0 Å². The van der Waals surface area contributed by atoms with Crippen LogP contribution in [0.15, 0.2) is 73.1 Å². The first-order chi connectivity index (χ1) is 12.8. The van der Waals surface area contributed by atoms with Gasteiger partial charge >= 0.3 is 0 Å². The number of amides is 1. The Bertz CT molecular complexity index is 826. The molecule has 1 saturated heterocycles. The number of hydrogen-bond acceptors (Lipinski definition) is 4. The average Bonchev–Trinajstić information content (AvgIpc) is 3.14. The lowest BCUT2D eigenvalue weighted by Gasteiger charge is -2.20. The Morgan fingerprint density at radius 1 is 0.962 bits per heavy atom. The second-order valence-electron chi connectivity index (χ2n) is 6.29. The van der Waals surface area contributed by atoms with Crippen molar-refractivity contribution in [2.45, 2.75) is 18.9 Å². The molecule has 1 atom stereocenters. The Labute approximate surface area is 152 Å². The molecule has 0 bridgehead atoms. The first kappa shape index (κ1) is 16.3. The molecule has 3 aromatic rings. The summed E-state index contributed by atoms with van der Waals surface area (Å²) in [5, 5.41) is 3.46. The maximum absolute atomic E-state index is 11.9. The molecule has 1 amide bonds. The standard InChI is InChI=1S/C21H20N4O/c26-20-10-6-14-25(20)17-11-12-19(23-15-17)24-21(16-7-2-1-3-8-16)18-9-4-5-13-22-18/h1-5,7-9,11-13,15,21H,6,10,14H2,(H,23,24)/t21-/m1/s1. The normalized spacial score (nSPS) is 15.1. The fourth-order valence-electron chi connectivity index (χ4n) is 3.22. The second kappa shape index (κ2) is 7.35. The summed E-state index contributed by atoms with van der Waals surface area (Å²) in [6, 6.07) is 19.8. The Morgan fingerprint density at radius 3 is 2.46 bits per heavy atom. The number of nitrogens with zero attached hydrogens (tertiary/aromatic N) is 3. The van der Waals surface area contributed by atoms with Crippen LogP contribution in [0.4, 0.5) is 11.5 Å². The van der Waals surface area contributed by atoms with Gasteiger partial charge < -0.3 is 10.2 Å². The van der Waals surface area contributed by atoms with Crippen LogP contribution in [0.2, 0.25) is 0 Å². The van der Waals surface area contributed by atoms with Gasteiger partial charge in [-0.05, 0) is 36.2 Å². The van der Waals surface area contributed by atoms with Crippen molar-refractivity contribution in [3.8, 4) is 0 Å². The van der Waals surface area contributed by atoms with Crippen LogP contribution in [0.3, 0.4) is 0 Å². The van der Waals surface area contributed by atoms with Crippen LogP contribution in [0, 0.1) is 0 Å². The third kappa shape index (κ3) is 3.42. The number of rotatable bonds is 5. The highest BCUT2D eigenvalue weighted by molar-refractivity contribution is 5.95. The van der Waals surface area contributed by atoms with Gasteiger partial charge in [0.25, 0.3) is 0 Å². The molecule has 1 aromatic carbocycles. The molecule has 5 nitrogen and oxygen atoms in total. The number of nitrogens with one attached hydrogen (secondary N) is 1. The molecule has 3 heterocycles. The minimum atomic E-state index is -0.0934. The van der Waals surface area contributed by atoms with E-state index in [9.17, 15) is 4.79 Å². The van der Waals surface area contributed by atoms with E-state index in [0.717, 1.165) is 35.7 Å². The number of aromatic nitrogens is 2. The summed E-state index contributed by atoms with van der Waals surface area (Å²) in [5.74, 6) is 0.919. The molecular formula is C21H20N4O. The van der Waals surface area contributed by atoms with Crippen LogP contribution in [0.25, 0.3) is 0 Å². The minimum Gasteiger partial charge on any atom is -0.358 e. The number of benzene rings is 1. The van der Waals surface area contributed by atoms with Crippen LogP contribution in [-0.2, 0) is 4.79 Å². The number of hydrogen-bond donors (Lipinski definition) is 1. The van der Waals surface area contributed by atoms with Gasteiger partial charge in [0.05, 0.1) is 23.6 Å². The van der Waals surface area contributed by atoms with Crippen LogP contribution < -0.4 is 10.2 Å². The Kier molecular flexibility index (Phi) is 4.60. The van der Waals surface area contributed by atoms with E-state index in [0.29, 0.717) is 6.42 Å².